The van der Waals surface area contributed by atoms with Crippen LogP contribution in [-0.2, 0) is 14.2 Å². The summed E-state index contributed by atoms with van der Waals surface area (Å²) in [6.45, 7) is 5.53. The van der Waals surface area contributed by atoms with Crippen LogP contribution in [0.2, 0.25) is 20.1 Å². The lowest BCUT2D eigenvalue weighted by molar-refractivity contribution is 0.0600. The number of carbonyl (C=O) groups is 2. The van der Waals surface area contributed by atoms with Crippen LogP contribution in [0.1, 0.15) is 20.7 Å². The number of primary amides is 1. The number of halogens is 4. The highest BCUT2D eigenvalue weighted by molar-refractivity contribution is 6.39. The molecule has 2 heterocycles. The molecule has 1 amide bonds. The highest BCUT2D eigenvalue weighted by Crippen LogP contribution is 2.33. The third-order valence-corrected chi connectivity index (χ3v) is 6.68. The van der Waals surface area contributed by atoms with Crippen molar-refractivity contribution in [3.63, 3.8) is 0 Å². The quantitative estimate of drug-likeness (QED) is 0.544. The predicted molar refractivity (Wildman–Crippen MR) is 139 cm³/mol. The molecule has 0 aromatic heterocycles. The van der Waals surface area contributed by atoms with Crippen LogP contribution < -0.4 is 15.5 Å². The number of nitrogens with zero attached hydrogens (tertiary/aromatic N) is 2. The van der Waals surface area contributed by atoms with Gasteiger partial charge in [-0.15, -0.1) is 0 Å². The van der Waals surface area contributed by atoms with Crippen LogP contribution in [0.15, 0.2) is 24.3 Å². The first-order valence-electron chi connectivity index (χ1n) is 10.7. The molecular weight excluding hydrogens is 540 g/mol. The Kier molecular flexibility index (Phi) is 10.1. The molecule has 2 saturated heterocycles. The number of esters is 1. The fourth-order valence-corrected chi connectivity index (χ4v) is 4.80. The molecule has 0 aliphatic carbocycles. The molecule has 190 valence electrons. The van der Waals surface area contributed by atoms with Gasteiger partial charge in [0.1, 0.15) is 0 Å². The van der Waals surface area contributed by atoms with Gasteiger partial charge < -0.3 is 29.7 Å². The normalized spacial score (nSPS) is 15.8. The maximum atomic E-state index is 11.6. The molecule has 2 aromatic rings. The molecule has 0 atom stereocenters. The van der Waals surface area contributed by atoms with Gasteiger partial charge in [-0.2, -0.15) is 0 Å². The molecule has 12 heteroatoms. The summed E-state index contributed by atoms with van der Waals surface area (Å²) in [6.07, 6.45) is 0. The molecule has 0 bridgehead atoms. The first kappa shape index (κ1) is 27.6. The van der Waals surface area contributed by atoms with Gasteiger partial charge in [0.15, 0.2) is 0 Å². The second-order valence-corrected chi connectivity index (χ2v) is 9.25. The fourth-order valence-electron chi connectivity index (χ4n) is 3.62. The Hall–Kier alpha value is -1.94. The predicted octanol–water partition coefficient (Wildman–Crippen LogP) is 4.55. The van der Waals surface area contributed by atoms with E-state index in [9.17, 15) is 9.59 Å². The van der Waals surface area contributed by atoms with Gasteiger partial charge in [-0.3, -0.25) is 4.79 Å². The minimum absolute atomic E-state index is 0.277. The summed E-state index contributed by atoms with van der Waals surface area (Å²) < 4.78 is 15.2. The van der Waals surface area contributed by atoms with E-state index in [0.717, 1.165) is 37.6 Å². The lowest BCUT2D eigenvalue weighted by Gasteiger charge is -2.30. The summed E-state index contributed by atoms with van der Waals surface area (Å²) >= 11 is 24.2. The summed E-state index contributed by atoms with van der Waals surface area (Å²) in [4.78, 5) is 26.9. The summed E-state index contributed by atoms with van der Waals surface area (Å²) in [6, 6.07) is 6.42. The first-order valence-corrected chi connectivity index (χ1v) is 12.3. The number of nitrogens with two attached hydrogens (primary N) is 1. The van der Waals surface area contributed by atoms with Crippen molar-refractivity contribution in [2.45, 2.75) is 0 Å². The second kappa shape index (κ2) is 12.9. The molecule has 2 aliphatic rings. The van der Waals surface area contributed by atoms with Gasteiger partial charge in [-0.1, -0.05) is 46.4 Å². The Morgan fingerprint density at radius 1 is 0.743 bits per heavy atom. The number of ether oxygens (including phenoxy) is 3. The zero-order valence-electron chi connectivity index (χ0n) is 19.0. The van der Waals surface area contributed by atoms with Crippen LogP contribution in [0, 0.1) is 0 Å². The highest BCUT2D eigenvalue weighted by Gasteiger charge is 2.20. The number of hydrogen-bond acceptors (Lipinski definition) is 7. The summed E-state index contributed by atoms with van der Waals surface area (Å²) in [7, 11) is 1.32. The van der Waals surface area contributed by atoms with Crippen molar-refractivity contribution in [1.82, 2.24) is 0 Å². The fraction of sp³-hybridized carbons (Fsp3) is 0.391. The molecule has 2 aromatic carbocycles. The molecule has 4 rings (SSSR count). The van der Waals surface area contributed by atoms with Crippen molar-refractivity contribution in [3.8, 4) is 0 Å². The Morgan fingerprint density at radius 2 is 1.14 bits per heavy atom. The minimum Gasteiger partial charge on any atom is -0.465 e. The Bertz CT molecular complexity index is 1070. The van der Waals surface area contributed by atoms with E-state index >= 15 is 0 Å². The van der Waals surface area contributed by atoms with Crippen LogP contribution >= 0.6 is 46.4 Å². The number of amides is 1. The maximum Gasteiger partial charge on any atom is 0.339 e. The Labute approximate surface area is 223 Å². The van der Waals surface area contributed by atoms with Gasteiger partial charge >= 0.3 is 5.97 Å². The summed E-state index contributed by atoms with van der Waals surface area (Å²) in [5.41, 5.74) is 7.42. The third kappa shape index (κ3) is 7.06. The molecule has 0 unspecified atom stereocenters. The number of anilines is 2. The molecular formula is C23H25Cl4N3O5. The monoisotopic (exact) mass is 563 g/mol. The van der Waals surface area contributed by atoms with E-state index in [1.807, 2.05) is 0 Å². The van der Waals surface area contributed by atoms with Crippen LogP contribution in [-0.4, -0.2) is 71.6 Å². The van der Waals surface area contributed by atoms with Crippen molar-refractivity contribution >= 4 is 69.7 Å². The molecule has 0 radical (unpaired) electrons. The molecule has 2 fully saturated rings. The van der Waals surface area contributed by atoms with E-state index in [4.69, 9.17) is 61.6 Å². The van der Waals surface area contributed by atoms with Gasteiger partial charge in [0.2, 0.25) is 5.91 Å². The molecule has 0 saturated carbocycles. The van der Waals surface area contributed by atoms with Crippen molar-refractivity contribution in [1.29, 1.82) is 0 Å². The lowest BCUT2D eigenvalue weighted by Crippen LogP contribution is -2.36. The van der Waals surface area contributed by atoms with E-state index in [1.165, 1.54) is 7.11 Å². The van der Waals surface area contributed by atoms with Crippen LogP contribution in [0.4, 0.5) is 11.4 Å². The van der Waals surface area contributed by atoms with E-state index in [-0.39, 0.29) is 10.6 Å². The third-order valence-electron chi connectivity index (χ3n) is 5.45. The van der Waals surface area contributed by atoms with E-state index in [2.05, 4.69) is 14.5 Å². The smallest absolute Gasteiger partial charge is 0.339 e. The van der Waals surface area contributed by atoms with E-state index in [1.54, 1.807) is 24.3 Å². The number of benzene rings is 2. The van der Waals surface area contributed by atoms with E-state index in [0.29, 0.717) is 47.1 Å². The van der Waals surface area contributed by atoms with Gasteiger partial charge in [-0.05, 0) is 24.3 Å². The first-order chi connectivity index (χ1) is 16.7. The maximum absolute atomic E-state index is 11.6. The average Bonchev–Trinajstić information content (AvgIpc) is 2.85. The molecule has 35 heavy (non-hydrogen) atoms. The highest BCUT2D eigenvalue weighted by atomic mass is 35.5. The number of carbonyl (C=O) groups excluding carboxylic acids is 2. The standard InChI is InChI=1S/C12H13Cl2NO3.C11H12Cl2N2O2/c1-17-12(16)8-6-11(10(14)7-9(8)13)15-2-4-18-5-3-15;12-8-6-9(13)10(5-7(8)11(14)16)15-1-3-17-4-2-15/h6-7H,2-5H2,1H3;5-6H,1-4H2,(H2,14,16). The van der Waals surface area contributed by atoms with Crippen LogP contribution in [0.25, 0.3) is 0 Å². The van der Waals surface area contributed by atoms with Crippen molar-refractivity contribution in [2.75, 3.05) is 69.5 Å². The molecule has 8 nitrogen and oxygen atoms in total. The lowest BCUT2D eigenvalue weighted by atomic mass is 10.1. The number of rotatable bonds is 4. The van der Waals surface area contributed by atoms with Gasteiger partial charge in [0.05, 0.1) is 76.1 Å². The average molecular weight is 565 g/mol. The van der Waals surface area contributed by atoms with Crippen molar-refractivity contribution < 1.29 is 23.8 Å². The summed E-state index contributed by atoms with van der Waals surface area (Å²) in [5.74, 6) is -1.02. The van der Waals surface area contributed by atoms with Crippen molar-refractivity contribution in [2.24, 2.45) is 5.73 Å². The zero-order valence-corrected chi connectivity index (χ0v) is 22.0. The molecule has 2 N–H and O–H groups in total. The SMILES string of the molecule is COC(=O)c1cc(N2CCOCC2)c(Cl)cc1Cl.NC(=O)c1cc(N2CCOCC2)c(Cl)cc1Cl. The number of methoxy groups -OCH3 is 1. The topological polar surface area (TPSA) is 94.3 Å². The second-order valence-electron chi connectivity index (χ2n) is 7.62. The Morgan fingerprint density at radius 3 is 1.54 bits per heavy atom. The Balaban J connectivity index is 0.000000196. The zero-order chi connectivity index (χ0) is 25.5. The summed E-state index contributed by atoms with van der Waals surface area (Å²) in [5, 5.41) is 1.61. The van der Waals surface area contributed by atoms with Gasteiger partial charge in [0.25, 0.3) is 0 Å². The molecule has 2 aliphatic heterocycles. The van der Waals surface area contributed by atoms with Crippen LogP contribution in [0.5, 0.6) is 0 Å². The number of morpholine rings is 2. The van der Waals surface area contributed by atoms with Gasteiger partial charge in [-0.25, -0.2) is 4.79 Å². The van der Waals surface area contributed by atoms with Crippen LogP contribution in [0.3, 0.4) is 0 Å². The number of hydrogen-bond donors (Lipinski definition) is 1. The van der Waals surface area contributed by atoms with Gasteiger partial charge in [0, 0.05) is 26.2 Å². The largest absolute Gasteiger partial charge is 0.465 e. The minimum atomic E-state index is -0.554. The van der Waals surface area contributed by atoms with Crippen molar-refractivity contribution in [3.05, 3.63) is 55.5 Å². The van der Waals surface area contributed by atoms with E-state index < -0.39 is 11.9 Å². The molecule has 0 spiro atoms.